The summed E-state index contributed by atoms with van der Waals surface area (Å²) < 4.78 is 4.74. The van der Waals surface area contributed by atoms with Crippen LogP contribution in [0.4, 0.5) is 0 Å². The number of benzene rings is 2. The van der Waals surface area contributed by atoms with Gasteiger partial charge < -0.3 is 4.57 Å². The molecule has 34 heavy (non-hydrogen) atoms. The van der Waals surface area contributed by atoms with E-state index in [1.54, 1.807) is 28.8 Å². The van der Waals surface area contributed by atoms with Gasteiger partial charge in [-0.25, -0.2) is 4.79 Å². The second kappa shape index (κ2) is 9.33. The molecule has 170 valence electrons. The van der Waals surface area contributed by atoms with Crippen LogP contribution < -0.4 is 11.2 Å². The van der Waals surface area contributed by atoms with Crippen LogP contribution in [0.25, 0.3) is 5.69 Å². The minimum Gasteiger partial charge on any atom is -0.300 e. The highest BCUT2D eigenvalue weighted by molar-refractivity contribution is 5.35. The van der Waals surface area contributed by atoms with Crippen molar-refractivity contribution >= 4 is 0 Å². The van der Waals surface area contributed by atoms with Gasteiger partial charge >= 0.3 is 5.69 Å². The van der Waals surface area contributed by atoms with Gasteiger partial charge in [0.2, 0.25) is 0 Å². The Morgan fingerprint density at radius 1 is 0.971 bits per heavy atom. The number of nitrogens with zero attached hydrogens (tertiary/aromatic N) is 6. The predicted molar refractivity (Wildman–Crippen MR) is 129 cm³/mol. The fourth-order valence-corrected chi connectivity index (χ4v) is 4.26. The molecule has 0 atom stereocenters. The summed E-state index contributed by atoms with van der Waals surface area (Å²) in [5.41, 5.74) is 3.74. The lowest BCUT2D eigenvalue weighted by Gasteiger charge is -2.28. The number of hydrogen-bond acceptors (Lipinski definition) is 5. The molecule has 0 unspecified atom stereocenters. The van der Waals surface area contributed by atoms with E-state index in [4.69, 9.17) is 0 Å². The van der Waals surface area contributed by atoms with Gasteiger partial charge in [0.25, 0.3) is 5.56 Å². The monoisotopic (exact) mass is 452 g/mol. The van der Waals surface area contributed by atoms with Crippen LogP contribution in [0.15, 0.2) is 76.8 Å². The number of rotatable bonds is 4. The quantitative estimate of drug-likeness (QED) is 0.440. The summed E-state index contributed by atoms with van der Waals surface area (Å²) in [5, 5.41) is 7.63. The van der Waals surface area contributed by atoms with Crippen molar-refractivity contribution in [1.29, 1.82) is 0 Å². The first-order valence-electron chi connectivity index (χ1n) is 11.1. The summed E-state index contributed by atoms with van der Waals surface area (Å²) in [6, 6.07) is 17.5. The zero-order valence-electron chi connectivity index (χ0n) is 18.9. The predicted octanol–water partition coefficient (Wildman–Crippen LogP) is 1.59. The SMILES string of the molecule is Cn1c2c(c(=O)n(Cc3ccc(-n4cnnc4)cc3)c1=O)CN(CC#Cc1ccccc1)CC2. The van der Waals surface area contributed by atoms with Crippen LogP contribution in [-0.4, -0.2) is 41.9 Å². The average Bonchev–Trinajstić information content (AvgIpc) is 3.41. The summed E-state index contributed by atoms with van der Waals surface area (Å²) in [7, 11) is 1.75. The molecule has 1 aliphatic rings. The maximum atomic E-state index is 13.4. The van der Waals surface area contributed by atoms with Crippen molar-refractivity contribution in [3.05, 3.63) is 110 Å². The van der Waals surface area contributed by atoms with E-state index >= 15 is 0 Å². The van der Waals surface area contributed by atoms with Crippen molar-refractivity contribution < 1.29 is 0 Å². The van der Waals surface area contributed by atoms with Crippen LogP contribution in [-0.2, 0) is 26.6 Å². The fraction of sp³-hybridized carbons (Fsp3) is 0.231. The minimum atomic E-state index is -0.288. The number of fused-ring (bicyclic) bond motifs is 1. The first-order valence-corrected chi connectivity index (χ1v) is 11.1. The van der Waals surface area contributed by atoms with E-state index in [1.165, 1.54) is 4.57 Å². The Balaban J connectivity index is 1.38. The summed E-state index contributed by atoms with van der Waals surface area (Å²) in [6.07, 6.45) is 3.89. The van der Waals surface area contributed by atoms with Gasteiger partial charge in [-0.05, 0) is 29.8 Å². The summed E-state index contributed by atoms with van der Waals surface area (Å²) in [6.45, 7) is 2.03. The van der Waals surface area contributed by atoms with Gasteiger partial charge in [-0.15, -0.1) is 10.2 Å². The fourth-order valence-electron chi connectivity index (χ4n) is 4.26. The van der Waals surface area contributed by atoms with Gasteiger partial charge in [0, 0.05) is 43.5 Å². The number of hydrogen-bond donors (Lipinski definition) is 0. The molecule has 0 aliphatic carbocycles. The maximum Gasteiger partial charge on any atom is 0.331 e. The van der Waals surface area contributed by atoms with Crippen molar-refractivity contribution in [2.45, 2.75) is 19.5 Å². The van der Waals surface area contributed by atoms with Crippen LogP contribution >= 0.6 is 0 Å². The molecule has 0 bridgehead atoms. The zero-order chi connectivity index (χ0) is 23.5. The van der Waals surface area contributed by atoms with E-state index < -0.39 is 0 Å². The molecule has 1 aliphatic heterocycles. The topological polar surface area (TPSA) is 78.0 Å². The molecule has 5 rings (SSSR count). The Morgan fingerprint density at radius 2 is 1.71 bits per heavy atom. The van der Waals surface area contributed by atoms with Crippen LogP contribution in [0, 0.1) is 11.8 Å². The second-order valence-corrected chi connectivity index (χ2v) is 8.32. The third kappa shape index (κ3) is 4.34. The molecular formula is C26H24N6O2. The minimum absolute atomic E-state index is 0.217. The lowest BCUT2D eigenvalue weighted by Crippen LogP contribution is -2.47. The van der Waals surface area contributed by atoms with E-state index in [0.29, 0.717) is 25.1 Å². The van der Waals surface area contributed by atoms with Crippen LogP contribution in [0.3, 0.4) is 0 Å². The van der Waals surface area contributed by atoms with Crippen LogP contribution in [0.1, 0.15) is 22.4 Å². The largest absolute Gasteiger partial charge is 0.331 e. The van der Waals surface area contributed by atoms with Gasteiger partial charge in [-0.1, -0.05) is 42.2 Å². The maximum absolute atomic E-state index is 13.4. The van der Waals surface area contributed by atoms with E-state index in [0.717, 1.165) is 29.1 Å². The van der Waals surface area contributed by atoms with Gasteiger partial charge in [0.1, 0.15) is 12.7 Å². The Morgan fingerprint density at radius 3 is 2.44 bits per heavy atom. The van der Waals surface area contributed by atoms with Gasteiger partial charge in [-0.2, -0.15) is 0 Å². The molecule has 8 nitrogen and oxygen atoms in total. The van der Waals surface area contributed by atoms with Gasteiger partial charge in [-0.3, -0.25) is 18.8 Å². The standard InChI is InChI=1S/C26H24N6O2/c1-29-24-13-15-30(14-5-8-20-6-3-2-4-7-20)17-23(24)25(33)32(26(29)34)16-21-9-11-22(12-10-21)31-18-27-28-19-31/h2-4,6-7,9-12,18-19H,13-17H2,1H3. The average molecular weight is 453 g/mol. The molecule has 0 amide bonds. The molecule has 2 aromatic carbocycles. The van der Waals surface area contributed by atoms with Crippen molar-refractivity contribution in [3.63, 3.8) is 0 Å². The third-order valence-corrected chi connectivity index (χ3v) is 6.12. The van der Waals surface area contributed by atoms with Crippen LogP contribution in [0.2, 0.25) is 0 Å². The highest BCUT2D eigenvalue weighted by Gasteiger charge is 2.23. The summed E-state index contributed by atoms with van der Waals surface area (Å²) in [5.74, 6) is 6.38. The highest BCUT2D eigenvalue weighted by Crippen LogP contribution is 2.14. The zero-order valence-corrected chi connectivity index (χ0v) is 18.9. The summed E-state index contributed by atoms with van der Waals surface area (Å²) >= 11 is 0. The lowest BCUT2D eigenvalue weighted by atomic mass is 10.1. The normalized spacial score (nSPS) is 13.2. The van der Waals surface area contributed by atoms with E-state index in [1.807, 2.05) is 54.6 Å². The Kier molecular flexibility index (Phi) is 5.93. The van der Waals surface area contributed by atoms with E-state index in [2.05, 4.69) is 26.9 Å². The molecule has 4 aromatic rings. The summed E-state index contributed by atoms with van der Waals surface area (Å²) in [4.78, 5) is 28.5. The van der Waals surface area contributed by atoms with Gasteiger partial charge in [0.15, 0.2) is 0 Å². The smallest absolute Gasteiger partial charge is 0.300 e. The molecule has 0 radical (unpaired) electrons. The molecule has 0 fully saturated rings. The molecule has 3 heterocycles. The van der Waals surface area contributed by atoms with Gasteiger partial charge in [0.05, 0.1) is 18.7 Å². The molecule has 0 N–H and O–H groups in total. The van der Waals surface area contributed by atoms with Crippen LogP contribution in [0.5, 0.6) is 0 Å². The first-order chi connectivity index (χ1) is 16.6. The Bertz CT molecular complexity index is 1470. The van der Waals surface area contributed by atoms with E-state index in [-0.39, 0.29) is 17.8 Å². The second-order valence-electron chi connectivity index (χ2n) is 8.32. The highest BCUT2D eigenvalue weighted by atomic mass is 16.2. The lowest BCUT2D eigenvalue weighted by molar-refractivity contribution is 0.275. The third-order valence-electron chi connectivity index (χ3n) is 6.12. The van der Waals surface area contributed by atoms with Crippen molar-refractivity contribution in [3.8, 4) is 17.5 Å². The van der Waals surface area contributed by atoms with Crippen molar-refractivity contribution in [1.82, 2.24) is 28.8 Å². The molecule has 2 aromatic heterocycles. The molecule has 0 spiro atoms. The molecular weight excluding hydrogens is 428 g/mol. The number of aromatic nitrogens is 5. The van der Waals surface area contributed by atoms with Crippen molar-refractivity contribution in [2.24, 2.45) is 7.05 Å². The van der Waals surface area contributed by atoms with E-state index in [9.17, 15) is 9.59 Å². The Labute approximate surface area is 196 Å². The Hall–Kier alpha value is -4.22. The van der Waals surface area contributed by atoms with Crippen molar-refractivity contribution in [2.75, 3.05) is 13.1 Å². The molecule has 0 saturated heterocycles. The molecule has 0 saturated carbocycles. The molecule has 8 heteroatoms. The first kappa shape index (κ1) is 21.6.